The fraction of sp³-hybridized carbons (Fsp3) is 0.400. The second-order valence-corrected chi connectivity index (χ2v) is 6.47. The number of pyridine rings is 1. The van der Waals surface area contributed by atoms with Gasteiger partial charge in [0, 0.05) is 22.8 Å². The van der Waals surface area contributed by atoms with Gasteiger partial charge in [-0.1, -0.05) is 25.4 Å². The number of nitrogens with one attached hydrogen (secondary N) is 1. The highest BCUT2D eigenvalue weighted by atomic mass is 35.5. The first-order chi connectivity index (χ1) is 12.9. The minimum atomic E-state index is -0.529. The number of esters is 1. The molecule has 1 aromatic heterocycles. The first-order valence-electron chi connectivity index (χ1n) is 8.81. The molecule has 0 unspecified atom stereocenters. The Morgan fingerprint density at radius 1 is 1.19 bits per heavy atom. The molecule has 27 heavy (non-hydrogen) atoms. The third-order valence-corrected chi connectivity index (χ3v) is 4.42. The summed E-state index contributed by atoms with van der Waals surface area (Å²) in [4.78, 5) is 16.9. The van der Waals surface area contributed by atoms with Crippen molar-refractivity contribution in [3.05, 3.63) is 40.5 Å². The van der Waals surface area contributed by atoms with E-state index in [1.807, 2.05) is 13.0 Å². The summed E-state index contributed by atoms with van der Waals surface area (Å²) in [5.41, 5.74) is 1.58. The van der Waals surface area contributed by atoms with Gasteiger partial charge in [0.25, 0.3) is 0 Å². The molecule has 0 amide bonds. The Labute approximate surface area is 164 Å². The number of hydrogen-bond acceptors (Lipinski definition) is 6. The molecule has 0 radical (unpaired) electrons. The number of anilines is 1. The smallest absolute Gasteiger partial charge is 0.345 e. The van der Waals surface area contributed by atoms with Crippen LogP contribution >= 0.6 is 11.6 Å². The van der Waals surface area contributed by atoms with Crippen LogP contribution < -0.4 is 14.8 Å². The van der Waals surface area contributed by atoms with E-state index in [1.54, 1.807) is 18.2 Å². The van der Waals surface area contributed by atoms with Crippen LogP contribution in [0, 0.1) is 6.92 Å². The summed E-state index contributed by atoms with van der Waals surface area (Å²) < 4.78 is 16.2. The van der Waals surface area contributed by atoms with Crippen LogP contribution in [0.4, 0.5) is 5.69 Å². The van der Waals surface area contributed by atoms with Crippen molar-refractivity contribution in [3.8, 4) is 17.4 Å². The standard InChI is InChI=1S/C20H25ClN2O4/c1-6-14(7-2)23-15-10-12(3)22-19(18(15)20(24)26-5)27-16-9-8-13(21)11-17(16)25-4/h8-11,14H,6-7H2,1-5H3,(H,22,23). The lowest BCUT2D eigenvalue weighted by atomic mass is 10.1. The van der Waals surface area contributed by atoms with Crippen LogP contribution in [0.25, 0.3) is 0 Å². The van der Waals surface area contributed by atoms with Crippen LogP contribution in [-0.4, -0.2) is 31.2 Å². The van der Waals surface area contributed by atoms with Gasteiger partial charge < -0.3 is 19.5 Å². The molecule has 0 aliphatic carbocycles. The van der Waals surface area contributed by atoms with Gasteiger partial charge in [0.2, 0.25) is 5.88 Å². The number of benzene rings is 1. The zero-order valence-corrected chi connectivity index (χ0v) is 17.0. The Bertz CT molecular complexity index is 807. The van der Waals surface area contributed by atoms with Gasteiger partial charge in [-0.05, 0) is 38.0 Å². The average Bonchev–Trinajstić information content (AvgIpc) is 2.66. The molecule has 0 aliphatic heterocycles. The molecule has 0 spiro atoms. The Morgan fingerprint density at radius 3 is 2.48 bits per heavy atom. The van der Waals surface area contributed by atoms with Crippen molar-refractivity contribution in [3.63, 3.8) is 0 Å². The minimum Gasteiger partial charge on any atom is -0.493 e. The maximum Gasteiger partial charge on any atom is 0.345 e. The molecular formula is C20H25ClN2O4. The number of methoxy groups -OCH3 is 2. The number of halogens is 1. The molecule has 2 aromatic rings. The predicted molar refractivity (Wildman–Crippen MR) is 106 cm³/mol. The van der Waals surface area contributed by atoms with Gasteiger partial charge in [0.1, 0.15) is 5.56 Å². The van der Waals surface area contributed by atoms with E-state index < -0.39 is 5.97 Å². The van der Waals surface area contributed by atoms with E-state index in [0.717, 1.165) is 12.8 Å². The fourth-order valence-corrected chi connectivity index (χ4v) is 2.84. The SMILES string of the molecule is CCC(CC)Nc1cc(C)nc(Oc2ccc(Cl)cc2OC)c1C(=O)OC. The Morgan fingerprint density at radius 2 is 1.89 bits per heavy atom. The summed E-state index contributed by atoms with van der Waals surface area (Å²) in [6.07, 6.45) is 1.83. The van der Waals surface area contributed by atoms with E-state index in [1.165, 1.54) is 14.2 Å². The Hall–Kier alpha value is -2.47. The summed E-state index contributed by atoms with van der Waals surface area (Å²) >= 11 is 6.01. The number of nitrogens with zero attached hydrogens (tertiary/aromatic N) is 1. The molecule has 0 fully saturated rings. The number of hydrogen-bond donors (Lipinski definition) is 1. The van der Waals surface area contributed by atoms with E-state index in [0.29, 0.717) is 27.9 Å². The van der Waals surface area contributed by atoms with Gasteiger partial charge in [-0.15, -0.1) is 0 Å². The van der Waals surface area contributed by atoms with Crippen molar-refractivity contribution in [2.45, 2.75) is 39.7 Å². The second kappa shape index (κ2) is 9.46. The average molecular weight is 393 g/mol. The van der Waals surface area contributed by atoms with Gasteiger partial charge in [0.05, 0.1) is 19.9 Å². The summed E-state index contributed by atoms with van der Waals surface area (Å²) in [6.45, 7) is 6.01. The highest BCUT2D eigenvalue weighted by molar-refractivity contribution is 6.30. The van der Waals surface area contributed by atoms with E-state index in [9.17, 15) is 4.79 Å². The molecule has 7 heteroatoms. The zero-order chi connectivity index (χ0) is 20.0. The number of aryl methyl sites for hydroxylation is 1. The molecule has 0 aliphatic rings. The van der Waals surface area contributed by atoms with Crippen LogP contribution in [0.3, 0.4) is 0 Å². The lowest BCUT2D eigenvalue weighted by molar-refractivity contribution is 0.0598. The van der Waals surface area contributed by atoms with Gasteiger partial charge in [-0.3, -0.25) is 0 Å². The van der Waals surface area contributed by atoms with Crippen molar-refractivity contribution >= 4 is 23.3 Å². The van der Waals surface area contributed by atoms with Gasteiger partial charge in [0.15, 0.2) is 11.5 Å². The maximum absolute atomic E-state index is 12.5. The fourth-order valence-electron chi connectivity index (χ4n) is 2.67. The van der Waals surface area contributed by atoms with Crippen molar-refractivity contribution < 1.29 is 19.0 Å². The maximum atomic E-state index is 12.5. The Kier molecular flexibility index (Phi) is 7.30. The van der Waals surface area contributed by atoms with Crippen molar-refractivity contribution in [1.29, 1.82) is 0 Å². The summed E-state index contributed by atoms with van der Waals surface area (Å²) in [6, 6.07) is 7.01. The van der Waals surface area contributed by atoms with Crippen LogP contribution in [-0.2, 0) is 4.74 Å². The molecule has 146 valence electrons. The highest BCUT2D eigenvalue weighted by Gasteiger charge is 2.23. The molecular weight excluding hydrogens is 368 g/mol. The van der Waals surface area contributed by atoms with Crippen molar-refractivity contribution in [1.82, 2.24) is 4.98 Å². The predicted octanol–water partition coefficient (Wildman–Crippen LogP) is 5.23. The number of ether oxygens (including phenoxy) is 3. The molecule has 1 aromatic carbocycles. The molecule has 0 atom stereocenters. The monoisotopic (exact) mass is 392 g/mol. The summed E-state index contributed by atoms with van der Waals surface area (Å²) in [7, 11) is 2.85. The number of carbonyl (C=O) groups excluding carboxylic acids is 1. The number of aromatic nitrogens is 1. The van der Waals surface area contributed by atoms with Gasteiger partial charge in [-0.25, -0.2) is 9.78 Å². The zero-order valence-electron chi connectivity index (χ0n) is 16.3. The third-order valence-electron chi connectivity index (χ3n) is 4.18. The molecule has 0 bridgehead atoms. The lowest BCUT2D eigenvalue weighted by Crippen LogP contribution is -2.20. The van der Waals surface area contributed by atoms with E-state index >= 15 is 0 Å². The molecule has 0 saturated heterocycles. The van der Waals surface area contributed by atoms with Crippen LogP contribution in [0.1, 0.15) is 42.7 Å². The normalized spacial score (nSPS) is 10.6. The van der Waals surface area contributed by atoms with Gasteiger partial charge >= 0.3 is 5.97 Å². The third kappa shape index (κ3) is 5.04. The molecule has 6 nitrogen and oxygen atoms in total. The van der Waals surface area contributed by atoms with E-state index in [2.05, 4.69) is 24.1 Å². The number of rotatable bonds is 8. The minimum absolute atomic E-state index is 0.149. The van der Waals surface area contributed by atoms with E-state index in [4.69, 9.17) is 25.8 Å². The molecule has 2 rings (SSSR count). The Balaban J connectivity index is 2.54. The van der Waals surface area contributed by atoms with Crippen LogP contribution in [0.15, 0.2) is 24.3 Å². The van der Waals surface area contributed by atoms with Crippen LogP contribution in [0.2, 0.25) is 5.02 Å². The number of carbonyl (C=O) groups is 1. The van der Waals surface area contributed by atoms with Crippen molar-refractivity contribution in [2.24, 2.45) is 0 Å². The molecule has 1 heterocycles. The molecule has 0 saturated carbocycles. The second-order valence-electron chi connectivity index (χ2n) is 6.04. The topological polar surface area (TPSA) is 69.7 Å². The largest absolute Gasteiger partial charge is 0.493 e. The molecule has 1 N–H and O–H groups in total. The first-order valence-corrected chi connectivity index (χ1v) is 9.19. The van der Waals surface area contributed by atoms with Crippen molar-refractivity contribution in [2.75, 3.05) is 19.5 Å². The quantitative estimate of drug-likeness (QED) is 0.620. The van der Waals surface area contributed by atoms with Gasteiger partial charge in [-0.2, -0.15) is 0 Å². The van der Waals surface area contributed by atoms with Crippen LogP contribution in [0.5, 0.6) is 17.4 Å². The lowest BCUT2D eigenvalue weighted by Gasteiger charge is -2.20. The first kappa shape index (κ1) is 20.8. The summed E-state index contributed by atoms with van der Waals surface area (Å²) in [5, 5.41) is 3.91. The highest BCUT2D eigenvalue weighted by Crippen LogP contribution is 2.36. The van der Waals surface area contributed by atoms with E-state index in [-0.39, 0.29) is 17.5 Å². The summed E-state index contributed by atoms with van der Waals surface area (Å²) in [5.74, 6) is 0.463.